The predicted molar refractivity (Wildman–Crippen MR) is 92.9 cm³/mol. The van der Waals surface area contributed by atoms with Crippen molar-refractivity contribution in [3.05, 3.63) is 59.9 Å². The van der Waals surface area contributed by atoms with E-state index in [1.165, 1.54) is 12.1 Å². The number of hydrogen-bond donors (Lipinski definition) is 2. The van der Waals surface area contributed by atoms with Crippen LogP contribution in [0.2, 0.25) is 0 Å². The summed E-state index contributed by atoms with van der Waals surface area (Å²) in [5, 5.41) is 5.92. The van der Waals surface area contributed by atoms with Gasteiger partial charge in [0.05, 0.1) is 17.8 Å². The van der Waals surface area contributed by atoms with Crippen LogP contribution >= 0.6 is 0 Å². The number of halogens is 1. The van der Waals surface area contributed by atoms with Gasteiger partial charge >= 0.3 is 0 Å². The van der Waals surface area contributed by atoms with Crippen LogP contribution < -0.4 is 15.5 Å². The molecule has 0 bridgehead atoms. The third-order valence-corrected chi connectivity index (χ3v) is 4.72. The van der Waals surface area contributed by atoms with Gasteiger partial charge in [0, 0.05) is 12.6 Å². The SMILES string of the molecule is O=C(Cc1ccc(F)cc1)NC1CC2C(=O)Nc3ccccc3N2C1. The molecule has 2 atom stereocenters. The zero-order chi connectivity index (χ0) is 17.4. The highest BCUT2D eigenvalue weighted by atomic mass is 19.1. The first-order valence-corrected chi connectivity index (χ1v) is 8.30. The number of anilines is 2. The van der Waals surface area contributed by atoms with Gasteiger partial charge < -0.3 is 15.5 Å². The molecule has 2 aliphatic heterocycles. The molecule has 1 fully saturated rings. The standard InChI is InChI=1S/C19H18FN3O2/c20-13-7-5-12(6-8-13)9-18(24)21-14-10-17-19(25)22-15-3-1-2-4-16(15)23(17)11-14/h1-8,14,17H,9-11H2,(H,21,24)(H,22,25). The third kappa shape index (κ3) is 3.07. The number of para-hydroxylation sites is 2. The molecule has 2 aliphatic rings. The first-order chi connectivity index (χ1) is 12.1. The second-order valence-electron chi connectivity index (χ2n) is 6.48. The fourth-order valence-corrected chi connectivity index (χ4v) is 3.57. The Labute approximate surface area is 144 Å². The summed E-state index contributed by atoms with van der Waals surface area (Å²) < 4.78 is 12.9. The Morgan fingerprint density at radius 3 is 2.76 bits per heavy atom. The van der Waals surface area contributed by atoms with E-state index in [9.17, 15) is 14.0 Å². The smallest absolute Gasteiger partial charge is 0.247 e. The summed E-state index contributed by atoms with van der Waals surface area (Å²) in [6.07, 6.45) is 0.777. The number of hydrogen-bond acceptors (Lipinski definition) is 3. The molecule has 0 saturated carbocycles. The van der Waals surface area contributed by atoms with Gasteiger partial charge in [0.15, 0.2) is 0 Å². The molecule has 4 rings (SSSR count). The number of nitrogens with zero attached hydrogens (tertiary/aromatic N) is 1. The van der Waals surface area contributed by atoms with Crippen LogP contribution in [0.25, 0.3) is 0 Å². The summed E-state index contributed by atoms with van der Waals surface area (Å²) in [5.41, 5.74) is 2.56. The van der Waals surface area contributed by atoms with Gasteiger partial charge in [0.25, 0.3) is 0 Å². The van der Waals surface area contributed by atoms with Crippen molar-refractivity contribution < 1.29 is 14.0 Å². The Bertz CT molecular complexity index is 822. The minimum absolute atomic E-state index is 0.0333. The molecule has 5 nitrogen and oxygen atoms in total. The van der Waals surface area contributed by atoms with Crippen molar-refractivity contribution in [3.63, 3.8) is 0 Å². The van der Waals surface area contributed by atoms with Crippen LogP contribution in [0.1, 0.15) is 12.0 Å². The van der Waals surface area contributed by atoms with Gasteiger partial charge in [0.1, 0.15) is 11.9 Å². The molecule has 0 radical (unpaired) electrons. The number of fused-ring (bicyclic) bond motifs is 3. The molecular formula is C19H18FN3O2. The summed E-state index contributed by atoms with van der Waals surface area (Å²) in [4.78, 5) is 26.6. The highest BCUT2D eigenvalue weighted by molar-refractivity contribution is 6.04. The summed E-state index contributed by atoms with van der Waals surface area (Å²) in [6, 6.07) is 13.2. The van der Waals surface area contributed by atoms with Crippen LogP contribution in [0.3, 0.4) is 0 Å². The van der Waals surface area contributed by atoms with Crippen molar-refractivity contribution in [1.82, 2.24) is 5.32 Å². The van der Waals surface area contributed by atoms with Crippen molar-refractivity contribution in [2.24, 2.45) is 0 Å². The van der Waals surface area contributed by atoms with E-state index >= 15 is 0 Å². The summed E-state index contributed by atoms with van der Waals surface area (Å²) in [7, 11) is 0. The maximum absolute atomic E-state index is 12.9. The summed E-state index contributed by atoms with van der Waals surface area (Å²) in [6.45, 7) is 0.601. The Morgan fingerprint density at radius 1 is 1.20 bits per heavy atom. The molecule has 2 aromatic carbocycles. The van der Waals surface area contributed by atoms with Gasteiger partial charge in [-0.25, -0.2) is 4.39 Å². The van der Waals surface area contributed by atoms with E-state index in [2.05, 4.69) is 15.5 Å². The molecule has 1 saturated heterocycles. The van der Waals surface area contributed by atoms with Crippen LogP contribution in [-0.2, 0) is 16.0 Å². The minimum Gasteiger partial charge on any atom is -0.356 e. The van der Waals surface area contributed by atoms with E-state index in [4.69, 9.17) is 0 Å². The van der Waals surface area contributed by atoms with Crippen LogP contribution in [0.4, 0.5) is 15.8 Å². The highest BCUT2D eigenvalue weighted by Crippen LogP contribution is 2.36. The average Bonchev–Trinajstić information content (AvgIpc) is 3.01. The molecule has 2 amide bonds. The molecule has 2 unspecified atom stereocenters. The first kappa shape index (κ1) is 15.6. The second-order valence-corrected chi connectivity index (χ2v) is 6.48. The lowest BCUT2D eigenvalue weighted by Crippen LogP contribution is -2.44. The molecule has 2 N–H and O–H groups in total. The Morgan fingerprint density at radius 2 is 1.96 bits per heavy atom. The normalized spacial score (nSPS) is 21.3. The van der Waals surface area contributed by atoms with Gasteiger partial charge in [-0.2, -0.15) is 0 Å². The molecule has 6 heteroatoms. The maximum atomic E-state index is 12.9. The fraction of sp³-hybridized carbons (Fsp3) is 0.263. The van der Waals surface area contributed by atoms with E-state index < -0.39 is 0 Å². The number of amides is 2. The molecule has 0 aromatic heterocycles. The molecular weight excluding hydrogens is 321 g/mol. The molecule has 2 aromatic rings. The first-order valence-electron chi connectivity index (χ1n) is 8.30. The second kappa shape index (κ2) is 6.20. The van der Waals surface area contributed by atoms with E-state index in [0.717, 1.165) is 16.9 Å². The lowest BCUT2D eigenvalue weighted by molar-refractivity contribution is -0.121. The summed E-state index contributed by atoms with van der Waals surface area (Å²) in [5.74, 6) is -0.472. The van der Waals surface area contributed by atoms with Crippen LogP contribution in [0.15, 0.2) is 48.5 Å². The Balaban J connectivity index is 1.43. The van der Waals surface area contributed by atoms with E-state index in [1.54, 1.807) is 12.1 Å². The van der Waals surface area contributed by atoms with Gasteiger partial charge in [-0.05, 0) is 36.2 Å². The van der Waals surface area contributed by atoms with Crippen molar-refractivity contribution >= 4 is 23.2 Å². The number of carbonyl (C=O) groups excluding carboxylic acids is 2. The lowest BCUT2D eigenvalue weighted by Gasteiger charge is -2.32. The zero-order valence-electron chi connectivity index (χ0n) is 13.5. The van der Waals surface area contributed by atoms with Gasteiger partial charge in [-0.15, -0.1) is 0 Å². The van der Waals surface area contributed by atoms with Gasteiger partial charge in [0.2, 0.25) is 11.8 Å². The van der Waals surface area contributed by atoms with Gasteiger partial charge in [-0.3, -0.25) is 9.59 Å². The minimum atomic E-state index is -0.318. The zero-order valence-corrected chi connectivity index (χ0v) is 13.5. The average molecular weight is 339 g/mol. The third-order valence-electron chi connectivity index (χ3n) is 4.72. The molecule has 0 aliphatic carbocycles. The fourth-order valence-electron chi connectivity index (χ4n) is 3.57. The number of rotatable bonds is 3. The van der Waals surface area contributed by atoms with E-state index in [1.807, 2.05) is 24.3 Å². The number of nitrogens with one attached hydrogen (secondary N) is 2. The van der Waals surface area contributed by atoms with Crippen molar-refractivity contribution in [2.45, 2.75) is 24.9 Å². The van der Waals surface area contributed by atoms with Crippen molar-refractivity contribution in [3.8, 4) is 0 Å². The molecule has 0 spiro atoms. The monoisotopic (exact) mass is 339 g/mol. The van der Waals surface area contributed by atoms with E-state index in [0.29, 0.717) is 13.0 Å². The van der Waals surface area contributed by atoms with E-state index in [-0.39, 0.29) is 36.1 Å². The maximum Gasteiger partial charge on any atom is 0.247 e. The van der Waals surface area contributed by atoms with Crippen LogP contribution in [0.5, 0.6) is 0 Å². The number of carbonyl (C=O) groups is 2. The highest BCUT2D eigenvalue weighted by Gasteiger charge is 2.41. The quantitative estimate of drug-likeness (QED) is 0.900. The Hall–Kier alpha value is -2.89. The summed E-state index contributed by atoms with van der Waals surface area (Å²) >= 11 is 0. The lowest BCUT2D eigenvalue weighted by atomic mass is 10.1. The number of benzene rings is 2. The van der Waals surface area contributed by atoms with Crippen LogP contribution in [0, 0.1) is 5.82 Å². The van der Waals surface area contributed by atoms with Gasteiger partial charge in [-0.1, -0.05) is 24.3 Å². The van der Waals surface area contributed by atoms with Crippen LogP contribution in [-0.4, -0.2) is 30.4 Å². The van der Waals surface area contributed by atoms with Crippen molar-refractivity contribution in [1.29, 1.82) is 0 Å². The molecule has 128 valence electrons. The topological polar surface area (TPSA) is 61.4 Å². The van der Waals surface area contributed by atoms with Crippen molar-refractivity contribution in [2.75, 3.05) is 16.8 Å². The Kier molecular flexibility index (Phi) is 3.87. The predicted octanol–water partition coefficient (Wildman–Crippen LogP) is 2.08. The molecule has 2 heterocycles. The largest absolute Gasteiger partial charge is 0.356 e. The molecule has 25 heavy (non-hydrogen) atoms.